The Morgan fingerprint density at radius 3 is 2.81 bits per heavy atom. The quantitative estimate of drug-likeness (QED) is 0.777. The molecule has 5 nitrogen and oxygen atoms in total. The summed E-state index contributed by atoms with van der Waals surface area (Å²) in [6.45, 7) is 2.96. The van der Waals surface area contributed by atoms with Gasteiger partial charge in [-0.05, 0) is 24.6 Å². The van der Waals surface area contributed by atoms with Crippen molar-refractivity contribution in [1.29, 1.82) is 0 Å². The molecule has 0 aliphatic carbocycles. The maximum atomic E-state index is 11.8. The summed E-state index contributed by atoms with van der Waals surface area (Å²) in [6, 6.07) is 3.50. The molecule has 1 heterocycles. The number of rotatable bonds is 3. The summed E-state index contributed by atoms with van der Waals surface area (Å²) in [4.78, 5) is 11.8. The summed E-state index contributed by atoms with van der Waals surface area (Å²) in [5.74, 6) is 1.16. The van der Waals surface area contributed by atoms with Crippen molar-refractivity contribution in [3.63, 3.8) is 0 Å². The molecule has 16 heavy (non-hydrogen) atoms. The van der Waals surface area contributed by atoms with Gasteiger partial charge in [0.25, 0.3) is 5.91 Å². The van der Waals surface area contributed by atoms with Crippen LogP contribution in [0.3, 0.4) is 0 Å². The fourth-order valence-corrected chi connectivity index (χ4v) is 1.57. The molecule has 0 saturated carbocycles. The van der Waals surface area contributed by atoms with Gasteiger partial charge in [0.05, 0.1) is 0 Å². The molecule has 0 saturated heterocycles. The van der Waals surface area contributed by atoms with Gasteiger partial charge in [-0.2, -0.15) is 0 Å². The summed E-state index contributed by atoms with van der Waals surface area (Å²) in [5, 5.41) is 2.72. The number of nitrogens with one attached hydrogen (secondary N) is 1. The number of fused-ring (bicyclic) bond motifs is 1. The fraction of sp³-hybridized carbons (Fsp3) is 0.364. The lowest BCUT2D eigenvalue weighted by atomic mass is 10.1. The van der Waals surface area contributed by atoms with Crippen molar-refractivity contribution in [2.75, 3.05) is 19.9 Å². The predicted molar refractivity (Wildman–Crippen MR) is 58.7 cm³/mol. The number of carbonyl (C=O) groups is 1. The minimum Gasteiger partial charge on any atom is -0.454 e. The molecule has 5 heteroatoms. The second kappa shape index (κ2) is 4.40. The number of carbonyl (C=O) groups excluding carboxylic acids is 1. The first-order chi connectivity index (χ1) is 7.72. The Bertz CT molecular complexity index is 418. The summed E-state index contributed by atoms with van der Waals surface area (Å²) in [7, 11) is 0. The lowest BCUT2D eigenvalue weighted by molar-refractivity contribution is 0.0953. The molecule has 0 atom stereocenters. The van der Waals surface area contributed by atoms with Gasteiger partial charge in [0.2, 0.25) is 6.79 Å². The molecule has 3 N–H and O–H groups in total. The third kappa shape index (κ3) is 1.94. The first-order valence-corrected chi connectivity index (χ1v) is 5.11. The topological polar surface area (TPSA) is 73.6 Å². The van der Waals surface area contributed by atoms with Crippen molar-refractivity contribution in [2.24, 2.45) is 5.73 Å². The highest BCUT2D eigenvalue weighted by Gasteiger charge is 2.18. The molecule has 0 unspecified atom stereocenters. The zero-order valence-electron chi connectivity index (χ0n) is 9.08. The lowest BCUT2D eigenvalue weighted by Crippen LogP contribution is -2.29. The van der Waals surface area contributed by atoms with Crippen molar-refractivity contribution in [1.82, 2.24) is 5.32 Å². The average Bonchev–Trinajstić information content (AvgIpc) is 2.71. The Morgan fingerprint density at radius 1 is 1.44 bits per heavy atom. The molecule has 0 radical (unpaired) electrons. The first-order valence-electron chi connectivity index (χ1n) is 5.11. The molecule has 0 fully saturated rings. The van der Waals surface area contributed by atoms with E-state index in [9.17, 15) is 4.79 Å². The molecule has 86 valence electrons. The summed E-state index contributed by atoms with van der Waals surface area (Å²) in [5.41, 5.74) is 6.78. The van der Waals surface area contributed by atoms with E-state index in [2.05, 4.69) is 5.32 Å². The monoisotopic (exact) mass is 222 g/mol. The highest BCUT2D eigenvalue weighted by molar-refractivity contribution is 5.96. The van der Waals surface area contributed by atoms with Crippen LogP contribution in [0, 0.1) is 6.92 Å². The van der Waals surface area contributed by atoms with Crippen molar-refractivity contribution in [3.8, 4) is 11.5 Å². The van der Waals surface area contributed by atoms with E-state index in [0.717, 1.165) is 5.56 Å². The molecule has 1 amide bonds. The van der Waals surface area contributed by atoms with E-state index in [-0.39, 0.29) is 12.7 Å². The lowest BCUT2D eigenvalue weighted by Gasteiger charge is -2.07. The van der Waals surface area contributed by atoms with Crippen LogP contribution in [0.15, 0.2) is 12.1 Å². The molecule has 1 aliphatic heterocycles. The Labute approximate surface area is 93.5 Å². The molecular weight excluding hydrogens is 208 g/mol. The van der Waals surface area contributed by atoms with E-state index in [0.29, 0.717) is 30.2 Å². The molecule has 1 aromatic carbocycles. The zero-order chi connectivity index (χ0) is 11.5. The van der Waals surface area contributed by atoms with Gasteiger partial charge >= 0.3 is 0 Å². The Balaban J connectivity index is 2.24. The number of amides is 1. The number of nitrogens with two attached hydrogens (primary N) is 1. The largest absolute Gasteiger partial charge is 0.454 e. The van der Waals surface area contributed by atoms with Gasteiger partial charge in [0.15, 0.2) is 11.5 Å². The van der Waals surface area contributed by atoms with Gasteiger partial charge < -0.3 is 20.5 Å². The van der Waals surface area contributed by atoms with E-state index in [1.54, 1.807) is 12.1 Å². The van der Waals surface area contributed by atoms with Crippen molar-refractivity contribution < 1.29 is 14.3 Å². The van der Waals surface area contributed by atoms with Crippen LogP contribution in [-0.2, 0) is 0 Å². The minimum atomic E-state index is -0.138. The van der Waals surface area contributed by atoms with Crippen LogP contribution in [0.5, 0.6) is 11.5 Å². The maximum absolute atomic E-state index is 11.8. The standard InChI is InChI=1S/C11H14N2O3/c1-7-4-9-10(16-6-15-9)5-8(7)11(14)13-3-2-12/h4-5H,2-3,6,12H2,1H3,(H,13,14). The third-order valence-corrected chi connectivity index (χ3v) is 2.39. The van der Waals surface area contributed by atoms with Crippen LogP contribution in [0.25, 0.3) is 0 Å². The molecule has 1 aromatic rings. The van der Waals surface area contributed by atoms with E-state index in [4.69, 9.17) is 15.2 Å². The van der Waals surface area contributed by atoms with Crippen molar-refractivity contribution in [3.05, 3.63) is 23.3 Å². The number of aryl methyl sites for hydroxylation is 1. The van der Waals surface area contributed by atoms with Crippen LogP contribution >= 0.6 is 0 Å². The third-order valence-electron chi connectivity index (χ3n) is 2.39. The Morgan fingerprint density at radius 2 is 2.12 bits per heavy atom. The highest BCUT2D eigenvalue weighted by Crippen LogP contribution is 2.34. The molecule has 1 aliphatic rings. The van der Waals surface area contributed by atoms with Gasteiger partial charge in [-0.3, -0.25) is 4.79 Å². The predicted octanol–water partition coefficient (Wildman–Crippen LogP) is 0.412. The van der Waals surface area contributed by atoms with Crippen LogP contribution in [0.2, 0.25) is 0 Å². The van der Waals surface area contributed by atoms with Crippen LogP contribution in [0.4, 0.5) is 0 Å². The number of benzene rings is 1. The van der Waals surface area contributed by atoms with Crippen LogP contribution in [-0.4, -0.2) is 25.8 Å². The maximum Gasteiger partial charge on any atom is 0.251 e. The van der Waals surface area contributed by atoms with Gasteiger partial charge in [-0.15, -0.1) is 0 Å². The van der Waals surface area contributed by atoms with Gasteiger partial charge in [-0.25, -0.2) is 0 Å². The summed E-state index contributed by atoms with van der Waals surface area (Å²) in [6.07, 6.45) is 0. The number of ether oxygens (including phenoxy) is 2. The van der Waals surface area contributed by atoms with Gasteiger partial charge in [-0.1, -0.05) is 0 Å². The van der Waals surface area contributed by atoms with Crippen LogP contribution < -0.4 is 20.5 Å². The normalized spacial score (nSPS) is 12.6. The van der Waals surface area contributed by atoms with Crippen molar-refractivity contribution in [2.45, 2.75) is 6.92 Å². The van der Waals surface area contributed by atoms with Crippen LogP contribution in [0.1, 0.15) is 15.9 Å². The second-order valence-corrected chi connectivity index (χ2v) is 3.56. The molecule has 2 rings (SSSR count). The summed E-state index contributed by atoms with van der Waals surface area (Å²) >= 11 is 0. The Kier molecular flexibility index (Phi) is 2.96. The number of hydrogen-bond donors (Lipinski definition) is 2. The molecule has 0 bridgehead atoms. The molecular formula is C11H14N2O3. The smallest absolute Gasteiger partial charge is 0.251 e. The minimum absolute atomic E-state index is 0.138. The first kappa shape index (κ1) is 10.8. The SMILES string of the molecule is Cc1cc2c(cc1C(=O)NCCN)OCO2. The van der Waals surface area contributed by atoms with E-state index >= 15 is 0 Å². The van der Waals surface area contributed by atoms with E-state index < -0.39 is 0 Å². The van der Waals surface area contributed by atoms with E-state index in [1.807, 2.05) is 6.92 Å². The number of hydrogen-bond acceptors (Lipinski definition) is 4. The highest BCUT2D eigenvalue weighted by atomic mass is 16.7. The fourth-order valence-electron chi connectivity index (χ4n) is 1.57. The van der Waals surface area contributed by atoms with E-state index in [1.165, 1.54) is 0 Å². The Hall–Kier alpha value is -1.75. The zero-order valence-corrected chi connectivity index (χ0v) is 9.08. The van der Waals surface area contributed by atoms with Gasteiger partial charge in [0, 0.05) is 18.7 Å². The average molecular weight is 222 g/mol. The second-order valence-electron chi connectivity index (χ2n) is 3.56. The molecule has 0 aromatic heterocycles. The van der Waals surface area contributed by atoms with Gasteiger partial charge in [0.1, 0.15) is 0 Å². The molecule has 0 spiro atoms. The summed E-state index contributed by atoms with van der Waals surface area (Å²) < 4.78 is 10.4. The van der Waals surface area contributed by atoms with Crippen molar-refractivity contribution >= 4 is 5.91 Å².